The van der Waals surface area contributed by atoms with E-state index in [-0.39, 0.29) is 17.9 Å². The lowest BCUT2D eigenvalue weighted by molar-refractivity contribution is -0.117. The number of amides is 2. The first-order valence-electron chi connectivity index (χ1n) is 10.6. The number of methoxy groups -OCH3 is 1. The zero-order chi connectivity index (χ0) is 21.5. The molecule has 2 amide bonds. The van der Waals surface area contributed by atoms with Crippen LogP contribution in [0.3, 0.4) is 0 Å². The molecule has 6 nitrogen and oxygen atoms in total. The van der Waals surface area contributed by atoms with Crippen molar-refractivity contribution in [1.29, 1.82) is 0 Å². The van der Waals surface area contributed by atoms with Gasteiger partial charge in [0, 0.05) is 30.8 Å². The standard InChI is InChI=1S/C24H31N3O3/c1-4-26(5-2)22(18-9-7-12-21(16-18)30-3)17-25-24(29)19-10-6-11-20(15-19)27-14-8-13-23(27)28/h6-7,9-12,15-16,22H,4-5,8,13-14,17H2,1-3H3,(H,25,29). The van der Waals surface area contributed by atoms with Crippen molar-refractivity contribution in [2.75, 3.05) is 38.2 Å². The van der Waals surface area contributed by atoms with Crippen molar-refractivity contribution in [2.45, 2.75) is 32.7 Å². The molecule has 2 aromatic carbocycles. The van der Waals surface area contributed by atoms with Crippen molar-refractivity contribution in [3.8, 4) is 5.75 Å². The van der Waals surface area contributed by atoms with E-state index >= 15 is 0 Å². The first kappa shape index (κ1) is 21.8. The number of carbonyl (C=O) groups is 2. The van der Waals surface area contributed by atoms with Gasteiger partial charge in [0.15, 0.2) is 0 Å². The summed E-state index contributed by atoms with van der Waals surface area (Å²) in [6.45, 7) is 7.19. The Hall–Kier alpha value is -2.86. The normalized spacial score (nSPS) is 14.8. The molecule has 1 saturated heterocycles. The van der Waals surface area contributed by atoms with Crippen molar-refractivity contribution in [3.05, 3.63) is 59.7 Å². The van der Waals surface area contributed by atoms with Crippen molar-refractivity contribution < 1.29 is 14.3 Å². The Morgan fingerprint density at radius 1 is 1.17 bits per heavy atom. The van der Waals surface area contributed by atoms with Crippen LogP contribution in [0.5, 0.6) is 5.75 Å². The fraction of sp³-hybridized carbons (Fsp3) is 0.417. The van der Waals surface area contributed by atoms with Gasteiger partial charge in [-0.25, -0.2) is 0 Å². The second-order valence-corrected chi connectivity index (χ2v) is 7.42. The smallest absolute Gasteiger partial charge is 0.251 e. The van der Waals surface area contributed by atoms with Gasteiger partial charge >= 0.3 is 0 Å². The third kappa shape index (κ3) is 5.00. The number of hydrogen-bond donors (Lipinski definition) is 1. The summed E-state index contributed by atoms with van der Waals surface area (Å²) < 4.78 is 5.38. The van der Waals surface area contributed by atoms with Crippen LogP contribution in [0.25, 0.3) is 0 Å². The molecular weight excluding hydrogens is 378 g/mol. The molecule has 2 aromatic rings. The minimum atomic E-state index is -0.136. The molecule has 1 unspecified atom stereocenters. The first-order chi connectivity index (χ1) is 14.6. The van der Waals surface area contributed by atoms with Crippen molar-refractivity contribution in [3.63, 3.8) is 0 Å². The number of likely N-dealkylation sites (N-methyl/N-ethyl adjacent to an activating group) is 1. The van der Waals surface area contributed by atoms with E-state index in [4.69, 9.17) is 4.74 Å². The van der Waals surface area contributed by atoms with Gasteiger partial charge in [0.1, 0.15) is 5.75 Å². The summed E-state index contributed by atoms with van der Waals surface area (Å²) in [7, 11) is 1.66. The SMILES string of the molecule is CCN(CC)C(CNC(=O)c1cccc(N2CCCC2=O)c1)c1cccc(OC)c1. The molecule has 30 heavy (non-hydrogen) atoms. The Bertz CT molecular complexity index is 880. The summed E-state index contributed by atoms with van der Waals surface area (Å²) in [6, 6.07) is 15.3. The lowest BCUT2D eigenvalue weighted by atomic mass is 10.0. The van der Waals surface area contributed by atoms with Gasteiger partial charge in [0.05, 0.1) is 13.2 Å². The summed E-state index contributed by atoms with van der Waals surface area (Å²) >= 11 is 0. The molecule has 0 aliphatic carbocycles. The van der Waals surface area contributed by atoms with E-state index < -0.39 is 0 Å². The van der Waals surface area contributed by atoms with E-state index in [0.29, 0.717) is 25.1 Å². The average molecular weight is 410 g/mol. The van der Waals surface area contributed by atoms with Gasteiger partial charge in [-0.15, -0.1) is 0 Å². The Morgan fingerprint density at radius 2 is 1.93 bits per heavy atom. The summed E-state index contributed by atoms with van der Waals surface area (Å²) in [5.41, 5.74) is 2.46. The maximum atomic E-state index is 12.9. The summed E-state index contributed by atoms with van der Waals surface area (Å²) in [4.78, 5) is 29.0. The topological polar surface area (TPSA) is 61.9 Å². The predicted octanol–water partition coefficient (Wildman–Crippen LogP) is 3.63. The van der Waals surface area contributed by atoms with Crippen LogP contribution in [-0.4, -0.2) is 50.0 Å². The number of ether oxygens (including phenoxy) is 1. The summed E-state index contributed by atoms with van der Waals surface area (Å²) in [6.07, 6.45) is 1.43. The van der Waals surface area contributed by atoms with Gasteiger partial charge < -0.3 is 15.0 Å². The molecule has 1 aliphatic heterocycles. The zero-order valence-electron chi connectivity index (χ0n) is 18.1. The molecule has 0 radical (unpaired) electrons. The van der Waals surface area contributed by atoms with Crippen LogP contribution >= 0.6 is 0 Å². The molecular formula is C24H31N3O3. The van der Waals surface area contributed by atoms with Crippen LogP contribution in [0.15, 0.2) is 48.5 Å². The van der Waals surface area contributed by atoms with E-state index in [2.05, 4.69) is 30.1 Å². The number of rotatable bonds is 9. The number of nitrogens with zero attached hydrogens (tertiary/aromatic N) is 2. The number of anilines is 1. The van der Waals surface area contributed by atoms with Crippen LogP contribution < -0.4 is 15.0 Å². The number of benzene rings is 2. The predicted molar refractivity (Wildman–Crippen MR) is 119 cm³/mol. The Labute approximate surface area is 178 Å². The monoisotopic (exact) mass is 409 g/mol. The molecule has 1 atom stereocenters. The van der Waals surface area contributed by atoms with Crippen LogP contribution in [0.1, 0.15) is 48.7 Å². The molecule has 1 N–H and O–H groups in total. The van der Waals surface area contributed by atoms with Crippen LogP contribution in [0.2, 0.25) is 0 Å². The molecule has 1 heterocycles. The Balaban J connectivity index is 1.75. The maximum Gasteiger partial charge on any atom is 0.251 e. The van der Waals surface area contributed by atoms with E-state index in [1.807, 2.05) is 30.3 Å². The molecule has 1 aliphatic rings. The van der Waals surface area contributed by atoms with E-state index in [1.54, 1.807) is 24.1 Å². The Morgan fingerprint density at radius 3 is 2.60 bits per heavy atom. The van der Waals surface area contributed by atoms with Gasteiger partial charge in [-0.1, -0.05) is 32.0 Å². The Kier molecular flexibility index (Phi) is 7.46. The minimum Gasteiger partial charge on any atom is -0.497 e. The molecule has 3 rings (SSSR count). The molecule has 0 aromatic heterocycles. The van der Waals surface area contributed by atoms with Crippen LogP contribution in [-0.2, 0) is 4.79 Å². The number of carbonyl (C=O) groups excluding carboxylic acids is 2. The molecule has 0 bridgehead atoms. The molecule has 6 heteroatoms. The largest absolute Gasteiger partial charge is 0.497 e. The van der Waals surface area contributed by atoms with Gasteiger partial charge in [-0.05, 0) is 55.4 Å². The minimum absolute atomic E-state index is 0.0439. The average Bonchev–Trinajstić information content (AvgIpc) is 3.22. The lowest BCUT2D eigenvalue weighted by Crippen LogP contribution is -2.38. The highest BCUT2D eigenvalue weighted by Crippen LogP contribution is 2.25. The third-order valence-corrected chi connectivity index (χ3v) is 5.68. The van der Waals surface area contributed by atoms with Crippen LogP contribution in [0, 0.1) is 0 Å². The quantitative estimate of drug-likeness (QED) is 0.687. The van der Waals surface area contributed by atoms with Gasteiger partial charge in [0.2, 0.25) is 5.91 Å². The summed E-state index contributed by atoms with van der Waals surface area (Å²) in [5, 5.41) is 3.09. The molecule has 160 valence electrons. The highest BCUT2D eigenvalue weighted by Gasteiger charge is 2.23. The molecule has 1 fully saturated rings. The number of nitrogens with one attached hydrogen (secondary N) is 1. The van der Waals surface area contributed by atoms with Gasteiger partial charge in [-0.2, -0.15) is 0 Å². The van der Waals surface area contributed by atoms with Crippen molar-refractivity contribution in [2.24, 2.45) is 0 Å². The highest BCUT2D eigenvalue weighted by atomic mass is 16.5. The fourth-order valence-corrected chi connectivity index (χ4v) is 4.00. The van der Waals surface area contributed by atoms with Gasteiger partial charge in [0.25, 0.3) is 5.91 Å². The van der Waals surface area contributed by atoms with E-state index in [1.165, 1.54) is 0 Å². The van der Waals surface area contributed by atoms with Crippen LogP contribution in [0.4, 0.5) is 5.69 Å². The van der Waals surface area contributed by atoms with Crippen molar-refractivity contribution >= 4 is 17.5 Å². The van der Waals surface area contributed by atoms with E-state index in [0.717, 1.165) is 36.5 Å². The van der Waals surface area contributed by atoms with Crippen molar-refractivity contribution in [1.82, 2.24) is 10.2 Å². The lowest BCUT2D eigenvalue weighted by Gasteiger charge is -2.30. The zero-order valence-corrected chi connectivity index (χ0v) is 18.1. The number of hydrogen-bond acceptors (Lipinski definition) is 4. The van der Waals surface area contributed by atoms with E-state index in [9.17, 15) is 9.59 Å². The molecule has 0 saturated carbocycles. The highest BCUT2D eigenvalue weighted by molar-refractivity contribution is 5.99. The molecule has 0 spiro atoms. The second-order valence-electron chi connectivity index (χ2n) is 7.42. The fourth-order valence-electron chi connectivity index (χ4n) is 4.00. The third-order valence-electron chi connectivity index (χ3n) is 5.68. The summed E-state index contributed by atoms with van der Waals surface area (Å²) in [5.74, 6) is 0.787. The first-order valence-corrected chi connectivity index (χ1v) is 10.6. The second kappa shape index (κ2) is 10.3. The maximum absolute atomic E-state index is 12.9. The van der Waals surface area contributed by atoms with Gasteiger partial charge in [-0.3, -0.25) is 14.5 Å².